The molecule has 0 saturated carbocycles. The van der Waals surface area contributed by atoms with Gasteiger partial charge in [-0.3, -0.25) is 9.13 Å². The second-order valence-corrected chi connectivity index (χ2v) is 10.8. The Morgan fingerprint density at radius 2 is 1.38 bits per heavy atom. The van der Waals surface area contributed by atoms with Gasteiger partial charge in [-0.1, -0.05) is 25.8 Å². The normalized spacial score (nSPS) is 12.5. The van der Waals surface area contributed by atoms with E-state index in [0.717, 1.165) is 19.3 Å². The van der Waals surface area contributed by atoms with Gasteiger partial charge in [0, 0.05) is 12.7 Å². The molecule has 0 N–H and O–H groups in total. The molecule has 168 valence electrons. The molecule has 0 radical (unpaired) electrons. The van der Waals surface area contributed by atoms with Gasteiger partial charge in [-0.05, 0) is 46.2 Å². The summed E-state index contributed by atoms with van der Waals surface area (Å²) in [5.41, 5.74) is -1.25. The fourth-order valence-electron chi connectivity index (χ4n) is 2.98. The van der Waals surface area contributed by atoms with Crippen molar-refractivity contribution < 1.29 is 27.2 Å². The lowest BCUT2D eigenvalue weighted by Crippen LogP contribution is -2.39. The second-order valence-electron chi connectivity index (χ2n) is 6.19. The lowest BCUT2D eigenvalue weighted by Gasteiger charge is -2.39. The van der Waals surface area contributed by atoms with Crippen LogP contribution in [0.3, 0.4) is 0 Å². The van der Waals surface area contributed by atoms with Gasteiger partial charge >= 0.3 is 15.2 Å². The highest BCUT2D eigenvalue weighted by Crippen LogP contribution is 2.71. The molecule has 0 aliphatic carbocycles. The van der Waals surface area contributed by atoms with Crippen LogP contribution in [0.5, 0.6) is 0 Å². The topological polar surface area (TPSA) is 87.2 Å². The number of pyridine rings is 1. The van der Waals surface area contributed by atoms with Crippen molar-refractivity contribution in [3.8, 4) is 0 Å². The molecule has 0 unspecified atom stereocenters. The van der Waals surface area contributed by atoms with Crippen molar-refractivity contribution in [2.24, 2.45) is 0 Å². The lowest BCUT2D eigenvalue weighted by molar-refractivity contribution is 0.194. The predicted octanol–water partition coefficient (Wildman–Crippen LogP) is 5.89. The molecule has 0 aliphatic heterocycles. The Labute approximate surface area is 175 Å². The van der Waals surface area contributed by atoms with Crippen LogP contribution in [0.2, 0.25) is 0 Å². The SMILES string of the molecule is CCCCCN(c1ccccn1)C(P(=O)(OCC)OCC)P(=O)(OCC)OCC. The molecule has 0 saturated heterocycles. The van der Waals surface area contributed by atoms with E-state index in [1.165, 1.54) is 0 Å². The highest BCUT2D eigenvalue weighted by Gasteiger charge is 2.54. The van der Waals surface area contributed by atoms with E-state index in [1.807, 2.05) is 6.07 Å². The van der Waals surface area contributed by atoms with Crippen molar-refractivity contribution in [1.29, 1.82) is 0 Å². The summed E-state index contributed by atoms with van der Waals surface area (Å²) < 4.78 is 50.3. The van der Waals surface area contributed by atoms with E-state index in [0.29, 0.717) is 12.4 Å². The molecular formula is C19H36N2O6P2. The molecule has 0 fully saturated rings. The molecule has 29 heavy (non-hydrogen) atoms. The van der Waals surface area contributed by atoms with Crippen LogP contribution < -0.4 is 4.90 Å². The summed E-state index contributed by atoms with van der Waals surface area (Å²) in [6.07, 6.45) is 4.39. The van der Waals surface area contributed by atoms with E-state index in [1.54, 1.807) is 50.9 Å². The molecule has 0 bridgehead atoms. The van der Waals surface area contributed by atoms with Gasteiger partial charge in [-0.15, -0.1) is 0 Å². The van der Waals surface area contributed by atoms with Crippen LogP contribution in [0.4, 0.5) is 5.82 Å². The minimum atomic E-state index is -3.91. The Hall–Kier alpha value is -0.750. The first-order valence-electron chi connectivity index (χ1n) is 10.4. The number of hydrogen-bond donors (Lipinski definition) is 0. The first-order valence-corrected chi connectivity index (χ1v) is 13.6. The summed E-state index contributed by atoms with van der Waals surface area (Å²) >= 11 is 0. The Balaban J connectivity index is 3.61. The number of nitrogens with zero attached hydrogens (tertiary/aromatic N) is 2. The van der Waals surface area contributed by atoms with Gasteiger partial charge < -0.3 is 23.0 Å². The maximum absolute atomic E-state index is 13.9. The van der Waals surface area contributed by atoms with E-state index in [4.69, 9.17) is 18.1 Å². The molecule has 0 aliphatic rings. The number of anilines is 1. The molecular weight excluding hydrogens is 414 g/mol. The molecule has 1 aromatic heterocycles. The quantitative estimate of drug-likeness (QED) is 0.227. The third-order valence-electron chi connectivity index (χ3n) is 4.03. The van der Waals surface area contributed by atoms with Crippen LogP contribution in [0.25, 0.3) is 0 Å². The summed E-state index contributed by atoms with van der Waals surface area (Å²) in [5, 5.41) is 0. The molecule has 10 heteroatoms. The van der Waals surface area contributed by atoms with Gasteiger partial charge in [0.05, 0.1) is 26.4 Å². The van der Waals surface area contributed by atoms with Crippen molar-refractivity contribution in [2.45, 2.75) is 59.4 Å². The molecule has 0 amide bonds. The van der Waals surface area contributed by atoms with Crippen molar-refractivity contribution >= 4 is 21.0 Å². The molecule has 0 spiro atoms. The average Bonchev–Trinajstić information content (AvgIpc) is 2.68. The molecule has 1 heterocycles. The third-order valence-corrected chi connectivity index (χ3v) is 9.89. The van der Waals surface area contributed by atoms with E-state index in [-0.39, 0.29) is 26.4 Å². The van der Waals surface area contributed by atoms with Crippen LogP contribution in [0.15, 0.2) is 24.4 Å². The van der Waals surface area contributed by atoms with Gasteiger partial charge in [-0.25, -0.2) is 4.98 Å². The minimum absolute atomic E-state index is 0.136. The smallest absolute Gasteiger partial charge is 0.332 e. The van der Waals surface area contributed by atoms with Crippen LogP contribution in [0.1, 0.15) is 53.9 Å². The average molecular weight is 450 g/mol. The fourth-order valence-corrected chi connectivity index (χ4v) is 8.44. The zero-order valence-corrected chi connectivity index (χ0v) is 20.1. The molecule has 8 nitrogen and oxygen atoms in total. The van der Waals surface area contributed by atoms with Crippen molar-refractivity contribution in [3.63, 3.8) is 0 Å². The van der Waals surface area contributed by atoms with Gasteiger partial charge in [0.1, 0.15) is 5.82 Å². The zero-order chi connectivity index (χ0) is 21.8. The van der Waals surface area contributed by atoms with Gasteiger partial charge in [-0.2, -0.15) is 0 Å². The summed E-state index contributed by atoms with van der Waals surface area (Å²) in [5.74, 6) is 0.521. The van der Waals surface area contributed by atoms with E-state index in [9.17, 15) is 9.13 Å². The van der Waals surface area contributed by atoms with Crippen molar-refractivity contribution in [1.82, 2.24) is 4.98 Å². The maximum Gasteiger partial charge on any atom is 0.365 e. The van der Waals surface area contributed by atoms with Crippen LogP contribution in [-0.4, -0.2) is 43.5 Å². The molecule has 0 atom stereocenters. The monoisotopic (exact) mass is 450 g/mol. The highest BCUT2D eigenvalue weighted by molar-refractivity contribution is 7.73. The molecule has 0 aromatic carbocycles. The second kappa shape index (κ2) is 13.5. The number of unbranched alkanes of at least 4 members (excludes halogenated alkanes) is 2. The minimum Gasteiger partial charge on any atom is -0.332 e. The van der Waals surface area contributed by atoms with E-state index >= 15 is 0 Å². The Morgan fingerprint density at radius 3 is 1.76 bits per heavy atom. The maximum atomic E-state index is 13.9. The lowest BCUT2D eigenvalue weighted by atomic mass is 10.2. The summed E-state index contributed by atoms with van der Waals surface area (Å²) in [7, 11) is -7.82. The molecule has 1 rings (SSSR count). The van der Waals surface area contributed by atoms with Gasteiger partial charge in [0.25, 0.3) is 0 Å². The third kappa shape index (κ3) is 7.46. The van der Waals surface area contributed by atoms with Gasteiger partial charge in [0.15, 0.2) is 0 Å². The standard InChI is InChI=1S/C19H36N2O6P2/c1-6-11-14-17-21(18-15-12-13-16-20-18)19(28(22,24-7-2)25-8-3)29(23,26-9-4)27-10-5/h12-13,15-16,19H,6-11,14,17H2,1-5H3. The number of aromatic nitrogens is 1. The van der Waals surface area contributed by atoms with Crippen LogP contribution in [0, 0.1) is 0 Å². The zero-order valence-electron chi connectivity index (χ0n) is 18.3. The molecule has 1 aromatic rings. The van der Waals surface area contributed by atoms with E-state index < -0.39 is 20.7 Å². The summed E-state index contributed by atoms with van der Waals surface area (Å²) in [4.78, 5) is 6.12. The predicted molar refractivity (Wildman–Crippen MR) is 117 cm³/mol. The van der Waals surface area contributed by atoms with E-state index in [2.05, 4.69) is 11.9 Å². The highest BCUT2D eigenvalue weighted by atomic mass is 31.2. The van der Waals surface area contributed by atoms with Gasteiger partial charge in [0.2, 0.25) is 5.52 Å². The number of rotatable bonds is 16. The fraction of sp³-hybridized carbons (Fsp3) is 0.737. The largest absolute Gasteiger partial charge is 0.365 e. The Morgan fingerprint density at radius 1 is 0.862 bits per heavy atom. The summed E-state index contributed by atoms with van der Waals surface area (Å²) in [6, 6.07) is 5.40. The van der Waals surface area contributed by atoms with Crippen molar-refractivity contribution in [3.05, 3.63) is 24.4 Å². The van der Waals surface area contributed by atoms with Crippen molar-refractivity contribution in [2.75, 3.05) is 37.9 Å². The Kier molecular flexibility index (Phi) is 12.3. The van der Waals surface area contributed by atoms with Crippen LogP contribution in [-0.2, 0) is 27.2 Å². The first kappa shape index (κ1) is 26.3. The summed E-state index contributed by atoms with van der Waals surface area (Å²) in [6.45, 7) is 9.98. The Bertz CT molecular complexity index is 611. The number of hydrogen-bond acceptors (Lipinski definition) is 8. The first-order chi connectivity index (χ1) is 13.9. The van der Waals surface area contributed by atoms with Crippen LogP contribution >= 0.6 is 15.2 Å².